The van der Waals surface area contributed by atoms with Crippen molar-refractivity contribution in [2.45, 2.75) is 6.92 Å². The first-order chi connectivity index (χ1) is 13.6. The van der Waals surface area contributed by atoms with E-state index in [4.69, 9.17) is 0 Å². The number of aromatic nitrogens is 3. The van der Waals surface area contributed by atoms with E-state index in [1.54, 1.807) is 12.1 Å². The third-order valence-corrected chi connectivity index (χ3v) is 5.56. The van der Waals surface area contributed by atoms with Crippen LogP contribution < -0.4 is 10.2 Å². The summed E-state index contributed by atoms with van der Waals surface area (Å²) in [7, 11) is 0. The molecule has 0 radical (unpaired) electrons. The molecule has 0 saturated carbocycles. The van der Waals surface area contributed by atoms with Crippen LogP contribution in [-0.4, -0.2) is 45.5 Å². The number of benzene rings is 2. The third kappa shape index (κ3) is 4.01. The average molecular weight is 397 g/mol. The molecule has 28 heavy (non-hydrogen) atoms. The highest BCUT2D eigenvalue weighted by atomic mass is 32.2. The molecular formula is C20H20FN5OS. The van der Waals surface area contributed by atoms with Crippen LogP contribution in [0.3, 0.4) is 0 Å². The summed E-state index contributed by atoms with van der Waals surface area (Å²) in [6.45, 7) is 4.07. The monoisotopic (exact) mass is 397 g/mol. The van der Waals surface area contributed by atoms with Crippen LogP contribution in [0.5, 0.6) is 0 Å². The Bertz CT molecular complexity index is 983. The first-order valence-electron chi connectivity index (χ1n) is 9.03. The van der Waals surface area contributed by atoms with Crippen molar-refractivity contribution in [3.8, 4) is 5.69 Å². The van der Waals surface area contributed by atoms with Crippen molar-refractivity contribution in [3.05, 3.63) is 65.7 Å². The van der Waals surface area contributed by atoms with Gasteiger partial charge in [0, 0.05) is 36.0 Å². The zero-order valence-corrected chi connectivity index (χ0v) is 16.2. The second kappa shape index (κ2) is 8.02. The van der Waals surface area contributed by atoms with E-state index in [2.05, 4.69) is 26.5 Å². The third-order valence-electron chi connectivity index (χ3n) is 4.62. The number of rotatable bonds is 4. The van der Waals surface area contributed by atoms with Crippen molar-refractivity contribution >= 4 is 29.0 Å². The Balaban J connectivity index is 1.47. The van der Waals surface area contributed by atoms with Gasteiger partial charge in [-0.3, -0.25) is 4.79 Å². The van der Waals surface area contributed by atoms with Gasteiger partial charge >= 0.3 is 0 Å². The molecule has 1 aliphatic heterocycles. The zero-order chi connectivity index (χ0) is 19.5. The van der Waals surface area contributed by atoms with Crippen LogP contribution in [-0.2, 0) is 0 Å². The molecule has 0 atom stereocenters. The lowest BCUT2D eigenvalue weighted by molar-refractivity contribution is 0.102. The van der Waals surface area contributed by atoms with Crippen LogP contribution in [0, 0.1) is 12.7 Å². The Kier molecular flexibility index (Phi) is 5.29. The van der Waals surface area contributed by atoms with Gasteiger partial charge in [0.2, 0.25) is 0 Å². The number of hydrogen-bond donors (Lipinski definition) is 1. The van der Waals surface area contributed by atoms with Crippen molar-refractivity contribution in [2.75, 3.05) is 34.8 Å². The van der Waals surface area contributed by atoms with Gasteiger partial charge in [-0.1, -0.05) is 0 Å². The summed E-state index contributed by atoms with van der Waals surface area (Å²) in [5, 5.41) is 11.2. The quantitative estimate of drug-likeness (QED) is 0.730. The minimum Gasteiger partial charge on any atom is -0.370 e. The zero-order valence-electron chi connectivity index (χ0n) is 15.4. The summed E-state index contributed by atoms with van der Waals surface area (Å²) in [4.78, 5) is 16.2. The van der Waals surface area contributed by atoms with Crippen LogP contribution in [0.4, 0.5) is 15.8 Å². The molecule has 8 heteroatoms. The molecule has 1 aliphatic rings. The highest BCUT2D eigenvalue weighted by Gasteiger charge is 2.15. The molecule has 1 aromatic heterocycles. The number of halogens is 1. The largest absolute Gasteiger partial charge is 0.370 e. The van der Waals surface area contributed by atoms with Gasteiger partial charge < -0.3 is 10.2 Å². The molecule has 3 aromatic rings. The van der Waals surface area contributed by atoms with Crippen molar-refractivity contribution in [3.63, 3.8) is 0 Å². The smallest absolute Gasteiger partial charge is 0.277 e. The van der Waals surface area contributed by atoms with Crippen molar-refractivity contribution < 1.29 is 9.18 Å². The summed E-state index contributed by atoms with van der Waals surface area (Å²) in [6, 6.07) is 11.8. The highest BCUT2D eigenvalue weighted by Crippen LogP contribution is 2.25. The lowest BCUT2D eigenvalue weighted by Gasteiger charge is -2.29. The molecule has 0 aliphatic carbocycles. The van der Waals surface area contributed by atoms with Crippen LogP contribution in [0.1, 0.15) is 16.1 Å². The van der Waals surface area contributed by atoms with Crippen molar-refractivity contribution in [1.82, 2.24) is 15.0 Å². The Labute approximate surface area is 166 Å². The second-order valence-corrected chi connectivity index (χ2v) is 7.77. The molecule has 0 bridgehead atoms. The molecule has 6 nitrogen and oxygen atoms in total. The van der Waals surface area contributed by atoms with Gasteiger partial charge in [0.25, 0.3) is 5.91 Å². The summed E-state index contributed by atoms with van der Waals surface area (Å²) in [5.74, 6) is 1.61. The van der Waals surface area contributed by atoms with Gasteiger partial charge in [-0.15, -0.1) is 5.10 Å². The normalized spacial score (nSPS) is 14.1. The molecular weight excluding hydrogens is 377 g/mol. The summed E-state index contributed by atoms with van der Waals surface area (Å²) >= 11 is 1.98. The molecule has 0 spiro atoms. The summed E-state index contributed by atoms with van der Waals surface area (Å²) in [6.07, 6.45) is 1.40. The number of nitrogens with one attached hydrogen (secondary N) is 1. The van der Waals surface area contributed by atoms with Crippen molar-refractivity contribution in [2.24, 2.45) is 0 Å². The molecule has 2 heterocycles. The fourth-order valence-corrected chi connectivity index (χ4v) is 3.96. The van der Waals surface area contributed by atoms with Gasteiger partial charge in [0.05, 0.1) is 11.9 Å². The van der Waals surface area contributed by atoms with Gasteiger partial charge in [-0.05, 0) is 55.0 Å². The van der Waals surface area contributed by atoms with Gasteiger partial charge in [-0.25, -0.2) is 4.39 Å². The minimum atomic E-state index is -0.337. The van der Waals surface area contributed by atoms with E-state index in [1.165, 1.54) is 28.8 Å². The maximum Gasteiger partial charge on any atom is 0.277 e. The molecule has 144 valence electrons. The van der Waals surface area contributed by atoms with Gasteiger partial charge in [0.1, 0.15) is 5.82 Å². The maximum atomic E-state index is 13.0. The number of carbonyl (C=O) groups is 1. The van der Waals surface area contributed by atoms with E-state index in [9.17, 15) is 9.18 Å². The Morgan fingerprint density at radius 3 is 2.54 bits per heavy atom. The lowest BCUT2D eigenvalue weighted by atomic mass is 10.1. The Morgan fingerprint density at radius 2 is 1.82 bits per heavy atom. The number of anilines is 2. The van der Waals surface area contributed by atoms with E-state index >= 15 is 0 Å². The number of nitrogens with zero attached hydrogens (tertiary/aromatic N) is 4. The van der Waals surface area contributed by atoms with Crippen LogP contribution >= 0.6 is 11.8 Å². The number of aryl methyl sites for hydroxylation is 1. The van der Waals surface area contributed by atoms with E-state index in [-0.39, 0.29) is 17.4 Å². The SMILES string of the molecule is Cc1cc(N2CCSCC2)ccc1NC(=O)c1cnn(-c2ccc(F)cc2)n1. The number of carbonyl (C=O) groups excluding carboxylic acids is 1. The molecule has 4 rings (SSSR count). The van der Waals surface area contributed by atoms with E-state index in [0.29, 0.717) is 5.69 Å². The predicted octanol–water partition coefficient (Wildman–Crippen LogP) is 3.52. The molecule has 0 unspecified atom stereocenters. The van der Waals surface area contributed by atoms with Crippen LogP contribution in [0.25, 0.3) is 5.69 Å². The molecule has 1 saturated heterocycles. The standard InChI is InChI=1S/C20H20FN5OS/c1-14-12-17(25-8-10-28-11-9-25)6-7-18(14)23-20(27)19-13-22-26(24-19)16-4-2-15(21)3-5-16/h2-7,12-13H,8-11H2,1H3,(H,23,27). The lowest BCUT2D eigenvalue weighted by Crippen LogP contribution is -2.32. The van der Waals surface area contributed by atoms with Crippen LogP contribution in [0.15, 0.2) is 48.7 Å². The van der Waals surface area contributed by atoms with E-state index in [1.807, 2.05) is 30.8 Å². The van der Waals surface area contributed by atoms with Crippen molar-refractivity contribution in [1.29, 1.82) is 0 Å². The number of hydrogen-bond acceptors (Lipinski definition) is 5. The first kappa shape index (κ1) is 18.5. The molecule has 1 N–H and O–H groups in total. The Hall–Kier alpha value is -2.87. The maximum absolute atomic E-state index is 13.0. The van der Waals surface area contributed by atoms with Gasteiger partial charge in [-0.2, -0.15) is 21.7 Å². The topological polar surface area (TPSA) is 63.1 Å². The first-order valence-corrected chi connectivity index (χ1v) is 10.2. The highest BCUT2D eigenvalue weighted by molar-refractivity contribution is 7.99. The summed E-state index contributed by atoms with van der Waals surface area (Å²) in [5.41, 5.74) is 3.70. The number of thioether (sulfide) groups is 1. The fourth-order valence-electron chi connectivity index (χ4n) is 3.06. The second-order valence-electron chi connectivity index (χ2n) is 6.55. The van der Waals surface area contributed by atoms with E-state index < -0.39 is 0 Å². The molecule has 1 amide bonds. The van der Waals surface area contributed by atoms with Crippen LogP contribution in [0.2, 0.25) is 0 Å². The Morgan fingerprint density at radius 1 is 1.11 bits per heavy atom. The predicted molar refractivity (Wildman–Crippen MR) is 110 cm³/mol. The minimum absolute atomic E-state index is 0.195. The average Bonchev–Trinajstić information content (AvgIpc) is 3.21. The van der Waals surface area contributed by atoms with Gasteiger partial charge in [0.15, 0.2) is 5.69 Å². The molecule has 2 aromatic carbocycles. The summed E-state index contributed by atoms with van der Waals surface area (Å²) < 4.78 is 13.0. The fraction of sp³-hybridized carbons (Fsp3) is 0.250. The molecule has 1 fully saturated rings. The number of amides is 1. The van der Waals surface area contributed by atoms with E-state index in [0.717, 1.165) is 35.8 Å².